The minimum Gasteiger partial charge on any atom is -0.468 e. The molecule has 18 heavy (non-hydrogen) atoms. The van der Waals surface area contributed by atoms with Crippen LogP contribution in [0.2, 0.25) is 0 Å². The number of hydrogen-bond acceptors (Lipinski definition) is 4. The maximum absolute atomic E-state index is 12.9. The number of amides is 1. The van der Waals surface area contributed by atoms with Crippen LogP contribution in [0, 0.1) is 11.6 Å². The predicted molar refractivity (Wildman–Crippen MR) is 62.1 cm³/mol. The topological polar surface area (TPSA) is 55.4 Å². The molecule has 0 aromatic heterocycles. The van der Waals surface area contributed by atoms with Crippen LogP contribution in [0.3, 0.4) is 0 Å². The van der Waals surface area contributed by atoms with E-state index < -0.39 is 23.5 Å². The molecule has 4 nitrogen and oxygen atoms in total. The molecule has 1 aromatic carbocycles. The first-order valence-electron chi connectivity index (χ1n) is 4.94. The Kier molecular flexibility index (Phi) is 5.57. The van der Waals surface area contributed by atoms with Crippen molar-refractivity contribution in [3.63, 3.8) is 0 Å². The summed E-state index contributed by atoms with van der Waals surface area (Å²) in [6, 6.07) is 3.37. The molecule has 0 atom stereocenters. The molecule has 0 radical (unpaired) electrons. The molecule has 0 saturated carbocycles. The van der Waals surface area contributed by atoms with Crippen molar-refractivity contribution in [3.05, 3.63) is 29.8 Å². The number of hydrogen-bond donors (Lipinski definition) is 1. The molecule has 1 rings (SSSR count). The zero-order valence-corrected chi connectivity index (χ0v) is 10.4. The molecule has 0 saturated heterocycles. The van der Waals surface area contributed by atoms with E-state index >= 15 is 0 Å². The lowest BCUT2D eigenvalue weighted by Gasteiger charge is -2.04. The van der Waals surface area contributed by atoms with Crippen LogP contribution in [0.4, 0.5) is 8.78 Å². The molecule has 1 N–H and O–H groups in total. The van der Waals surface area contributed by atoms with Crippen molar-refractivity contribution >= 4 is 23.6 Å². The summed E-state index contributed by atoms with van der Waals surface area (Å²) < 4.78 is 29.8. The van der Waals surface area contributed by atoms with Crippen molar-refractivity contribution in [1.82, 2.24) is 5.32 Å². The number of carbonyl (C=O) groups is 2. The molecular weight excluding hydrogens is 264 g/mol. The first-order chi connectivity index (χ1) is 8.52. The third-order valence-electron chi connectivity index (χ3n) is 1.92. The van der Waals surface area contributed by atoms with Gasteiger partial charge in [0.1, 0.15) is 6.54 Å². The summed E-state index contributed by atoms with van der Waals surface area (Å²) in [5.74, 6) is -2.84. The summed E-state index contributed by atoms with van der Waals surface area (Å²) in [6.45, 7) is -0.215. The summed E-state index contributed by atoms with van der Waals surface area (Å²) in [5, 5.41) is 2.33. The molecule has 1 aromatic rings. The third-order valence-corrected chi connectivity index (χ3v) is 2.91. The van der Waals surface area contributed by atoms with E-state index in [1.165, 1.54) is 13.2 Å². The summed E-state index contributed by atoms with van der Waals surface area (Å²) in [4.78, 5) is 22.5. The van der Waals surface area contributed by atoms with Gasteiger partial charge in [-0.25, -0.2) is 8.78 Å². The van der Waals surface area contributed by atoms with Gasteiger partial charge in [-0.15, -0.1) is 11.8 Å². The standard InChI is InChI=1S/C11H11F2NO3S/c1-17-11(16)5-14-10(15)6-18-7-2-3-8(12)9(13)4-7/h2-4H,5-6H2,1H3,(H,14,15). The van der Waals surface area contributed by atoms with E-state index in [1.54, 1.807) is 0 Å². The number of halogens is 2. The summed E-state index contributed by atoms with van der Waals surface area (Å²) >= 11 is 1.04. The number of methoxy groups -OCH3 is 1. The van der Waals surface area contributed by atoms with Crippen molar-refractivity contribution in [2.45, 2.75) is 4.90 Å². The average molecular weight is 275 g/mol. The molecule has 0 fully saturated rings. The summed E-state index contributed by atoms with van der Waals surface area (Å²) in [5.41, 5.74) is 0. The highest BCUT2D eigenvalue weighted by molar-refractivity contribution is 8.00. The Hall–Kier alpha value is -1.63. The minimum absolute atomic E-state index is 0.00205. The summed E-state index contributed by atoms with van der Waals surface area (Å²) in [6.07, 6.45) is 0. The molecule has 0 aliphatic heterocycles. The quantitative estimate of drug-likeness (QED) is 0.651. The van der Waals surface area contributed by atoms with Crippen molar-refractivity contribution in [2.75, 3.05) is 19.4 Å². The summed E-state index contributed by atoms with van der Waals surface area (Å²) in [7, 11) is 1.21. The van der Waals surface area contributed by atoms with Gasteiger partial charge in [0.15, 0.2) is 11.6 Å². The van der Waals surface area contributed by atoms with E-state index in [-0.39, 0.29) is 12.3 Å². The fourth-order valence-corrected chi connectivity index (χ4v) is 1.76. The van der Waals surface area contributed by atoms with Crippen LogP contribution in [0.1, 0.15) is 0 Å². The number of thioether (sulfide) groups is 1. The zero-order chi connectivity index (χ0) is 13.5. The Morgan fingerprint density at radius 1 is 1.33 bits per heavy atom. The second-order valence-corrected chi connectivity index (χ2v) is 4.27. The van der Waals surface area contributed by atoms with Crippen LogP contribution in [-0.4, -0.2) is 31.3 Å². The largest absolute Gasteiger partial charge is 0.468 e. The van der Waals surface area contributed by atoms with Gasteiger partial charge in [0.05, 0.1) is 12.9 Å². The van der Waals surface area contributed by atoms with E-state index in [9.17, 15) is 18.4 Å². The zero-order valence-electron chi connectivity index (χ0n) is 9.54. The SMILES string of the molecule is COC(=O)CNC(=O)CSc1ccc(F)c(F)c1. The van der Waals surface area contributed by atoms with Gasteiger partial charge in [-0.05, 0) is 18.2 Å². The number of ether oxygens (including phenoxy) is 1. The molecule has 0 bridgehead atoms. The maximum atomic E-state index is 12.9. The second-order valence-electron chi connectivity index (χ2n) is 3.22. The van der Waals surface area contributed by atoms with Gasteiger partial charge in [-0.1, -0.05) is 0 Å². The van der Waals surface area contributed by atoms with Gasteiger partial charge in [0.2, 0.25) is 5.91 Å². The number of nitrogens with one attached hydrogen (secondary N) is 1. The van der Waals surface area contributed by atoms with E-state index in [0.717, 1.165) is 23.9 Å². The molecule has 0 spiro atoms. The molecular formula is C11H11F2NO3S. The highest BCUT2D eigenvalue weighted by Gasteiger charge is 2.07. The smallest absolute Gasteiger partial charge is 0.325 e. The molecule has 7 heteroatoms. The number of carbonyl (C=O) groups excluding carboxylic acids is 2. The number of rotatable bonds is 5. The second kappa shape index (κ2) is 6.95. The number of esters is 1. The van der Waals surface area contributed by atoms with Gasteiger partial charge in [0.25, 0.3) is 0 Å². The Morgan fingerprint density at radius 3 is 2.67 bits per heavy atom. The van der Waals surface area contributed by atoms with Crippen molar-refractivity contribution in [2.24, 2.45) is 0 Å². The van der Waals surface area contributed by atoms with Crippen molar-refractivity contribution in [1.29, 1.82) is 0 Å². The maximum Gasteiger partial charge on any atom is 0.325 e. The predicted octanol–water partition coefficient (Wildman–Crippen LogP) is 1.35. The number of benzene rings is 1. The van der Waals surface area contributed by atoms with E-state index in [1.807, 2.05) is 0 Å². The molecule has 0 unspecified atom stereocenters. The van der Waals surface area contributed by atoms with Gasteiger partial charge in [-0.2, -0.15) is 0 Å². The third kappa shape index (κ3) is 4.70. The Labute approximate surface area is 107 Å². The first kappa shape index (κ1) is 14.4. The fraction of sp³-hybridized carbons (Fsp3) is 0.273. The van der Waals surface area contributed by atoms with E-state index in [2.05, 4.69) is 10.1 Å². The normalized spacial score (nSPS) is 9.94. The lowest BCUT2D eigenvalue weighted by Crippen LogP contribution is -2.31. The van der Waals surface area contributed by atoms with Crippen molar-refractivity contribution in [3.8, 4) is 0 Å². The van der Waals surface area contributed by atoms with Gasteiger partial charge in [0, 0.05) is 4.90 Å². The molecule has 1 amide bonds. The first-order valence-corrected chi connectivity index (χ1v) is 5.93. The Bertz CT molecular complexity index is 454. The van der Waals surface area contributed by atoms with Crippen LogP contribution in [0.25, 0.3) is 0 Å². The highest BCUT2D eigenvalue weighted by atomic mass is 32.2. The molecule has 98 valence electrons. The lowest BCUT2D eigenvalue weighted by molar-refractivity contribution is -0.140. The highest BCUT2D eigenvalue weighted by Crippen LogP contribution is 2.19. The fourth-order valence-electron chi connectivity index (χ4n) is 1.01. The van der Waals surface area contributed by atoms with E-state index in [0.29, 0.717) is 4.90 Å². The van der Waals surface area contributed by atoms with Gasteiger partial charge >= 0.3 is 5.97 Å². The van der Waals surface area contributed by atoms with Crippen LogP contribution >= 0.6 is 11.8 Å². The Morgan fingerprint density at radius 2 is 2.06 bits per heavy atom. The van der Waals surface area contributed by atoms with Gasteiger partial charge < -0.3 is 10.1 Å². The molecule has 0 aliphatic carbocycles. The van der Waals surface area contributed by atoms with Crippen LogP contribution < -0.4 is 5.32 Å². The lowest BCUT2D eigenvalue weighted by atomic mass is 10.3. The van der Waals surface area contributed by atoms with Crippen molar-refractivity contribution < 1.29 is 23.1 Å². The van der Waals surface area contributed by atoms with Crippen LogP contribution in [0.15, 0.2) is 23.1 Å². The van der Waals surface area contributed by atoms with Crippen LogP contribution in [-0.2, 0) is 14.3 Å². The van der Waals surface area contributed by atoms with Crippen LogP contribution in [0.5, 0.6) is 0 Å². The van der Waals surface area contributed by atoms with E-state index in [4.69, 9.17) is 0 Å². The minimum atomic E-state index is -0.963. The Balaban J connectivity index is 2.38. The monoisotopic (exact) mass is 275 g/mol. The average Bonchev–Trinajstić information content (AvgIpc) is 2.37. The molecule has 0 heterocycles. The van der Waals surface area contributed by atoms with Gasteiger partial charge in [-0.3, -0.25) is 9.59 Å². The molecule has 0 aliphatic rings.